The van der Waals surface area contributed by atoms with Crippen LogP contribution in [0, 0.1) is 0 Å². The zero-order chi connectivity index (χ0) is 45.4. The summed E-state index contributed by atoms with van der Waals surface area (Å²) in [5, 5.41) is 12.3. The first kappa shape index (κ1) is 39.0. The highest BCUT2D eigenvalue weighted by atomic mass is 16.3. The minimum absolute atomic E-state index is 0.895. The number of nitrogens with zero attached hydrogens (tertiary/aromatic N) is 2. The van der Waals surface area contributed by atoms with E-state index in [1.54, 1.807) is 0 Å². The van der Waals surface area contributed by atoms with Crippen molar-refractivity contribution in [3.8, 4) is 39.1 Å². The lowest BCUT2D eigenvalue weighted by Crippen LogP contribution is -2.10. The fraction of sp³-hybridized carbons (Fsp3) is 0. The SMILES string of the molecule is c1cc(-c2ccc(N(c3cccc(-c4cccc5c4oc4ccccc45)c3)c3ccc4c5ccccc5c5ccccc5c4c3)cc2)cc(-c2ccccc2-n2c3ccccc3c3ccccc32)c1. The van der Waals surface area contributed by atoms with Gasteiger partial charge in [-0.1, -0.05) is 188 Å². The van der Waals surface area contributed by atoms with Gasteiger partial charge in [-0.15, -0.1) is 0 Å². The van der Waals surface area contributed by atoms with Gasteiger partial charge in [-0.2, -0.15) is 0 Å². The highest BCUT2D eigenvalue weighted by molar-refractivity contribution is 6.26. The zero-order valence-electron chi connectivity index (χ0n) is 37.6. The minimum atomic E-state index is 0.895. The van der Waals surface area contributed by atoms with E-state index in [0.29, 0.717) is 0 Å². The largest absolute Gasteiger partial charge is 0.455 e. The summed E-state index contributed by atoms with van der Waals surface area (Å²) in [5.74, 6) is 0. The van der Waals surface area contributed by atoms with Crippen LogP contribution in [0.25, 0.3) is 115 Å². The number of hydrogen-bond acceptors (Lipinski definition) is 2. The van der Waals surface area contributed by atoms with Crippen molar-refractivity contribution in [1.82, 2.24) is 4.57 Å². The first-order chi connectivity index (χ1) is 34.2. The van der Waals surface area contributed by atoms with E-state index in [-0.39, 0.29) is 0 Å². The van der Waals surface area contributed by atoms with Gasteiger partial charge in [-0.25, -0.2) is 0 Å². The second-order valence-electron chi connectivity index (χ2n) is 18.0. The van der Waals surface area contributed by atoms with Crippen molar-refractivity contribution < 1.29 is 4.42 Å². The summed E-state index contributed by atoms with van der Waals surface area (Å²) in [5.41, 5.74) is 15.4. The number of furan rings is 1. The Morgan fingerprint density at radius 1 is 0.275 bits per heavy atom. The Balaban J connectivity index is 0.904. The van der Waals surface area contributed by atoms with Crippen molar-refractivity contribution in [2.24, 2.45) is 0 Å². The molecule has 0 saturated heterocycles. The van der Waals surface area contributed by atoms with Crippen LogP contribution in [0.5, 0.6) is 0 Å². The van der Waals surface area contributed by atoms with Gasteiger partial charge in [0.1, 0.15) is 11.2 Å². The molecule has 69 heavy (non-hydrogen) atoms. The Labute approximate surface area is 399 Å². The number of benzene rings is 12. The average Bonchev–Trinajstić information content (AvgIpc) is 3.97. The van der Waals surface area contributed by atoms with E-state index in [1.807, 2.05) is 6.07 Å². The predicted octanol–water partition coefficient (Wildman–Crippen LogP) is 18.6. The first-order valence-corrected chi connectivity index (χ1v) is 23.7. The van der Waals surface area contributed by atoms with Crippen molar-refractivity contribution in [3.63, 3.8) is 0 Å². The van der Waals surface area contributed by atoms with Crippen LogP contribution in [0.1, 0.15) is 0 Å². The molecular weight excluding hydrogens is 837 g/mol. The summed E-state index contributed by atoms with van der Waals surface area (Å²) < 4.78 is 8.98. The highest BCUT2D eigenvalue weighted by Crippen LogP contribution is 2.44. The molecule has 2 heterocycles. The van der Waals surface area contributed by atoms with Gasteiger partial charge < -0.3 is 13.9 Å². The van der Waals surface area contributed by atoms with Gasteiger partial charge in [0.05, 0.1) is 16.7 Å². The lowest BCUT2D eigenvalue weighted by Gasteiger charge is -2.27. The Kier molecular flexibility index (Phi) is 8.90. The maximum Gasteiger partial charge on any atom is 0.143 e. The molecule has 0 radical (unpaired) electrons. The molecule has 14 rings (SSSR count). The van der Waals surface area contributed by atoms with Gasteiger partial charge in [-0.05, 0) is 121 Å². The molecule has 0 aliphatic rings. The van der Waals surface area contributed by atoms with Gasteiger partial charge in [0.2, 0.25) is 0 Å². The van der Waals surface area contributed by atoms with E-state index in [9.17, 15) is 0 Å². The lowest BCUT2D eigenvalue weighted by atomic mass is 9.94. The number of para-hydroxylation sites is 5. The Hall–Kier alpha value is -9.18. The van der Waals surface area contributed by atoms with Gasteiger partial charge >= 0.3 is 0 Å². The third kappa shape index (κ3) is 6.29. The van der Waals surface area contributed by atoms with Crippen molar-refractivity contribution in [2.45, 2.75) is 0 Å². The summed E-state index contributed by atoms with van der Waals surface area (Å²) >= 11 is 0. The first-order valence-electron chi connectivity index (χ1n) is 23.7. The standard InChI is InChI=1S/C66H42N2O/c1-2-23-54-52(21-1)53-22-3-4-24-55(53)61-42-49(38-39-56(54)61)67(48-19-14-18-46(41-48)51-28-15-29-60-59-27-8-12-33-65(59)69-66(51)60)47-36-34-43(35-37-47)44-16-13-17-45(40-44)50-20-5-9-30-62(50)68-63-31-10-6-25-57(63)58-26-7-11-32-64(58)68/h1-42H. The minimum Gasteiger partial charge on any atom is -0.455 e. The molecule has 0 bridgehead atoms. The van der Waals surface area contributed by atoms with E-state index >= 15 is 0 Å². The van der Waals surface area contributed by atoms with E-state index in [0.717, 1.165) is 66.9 Å². The summed E-state index contributed by atoms with van der Waals surface area (Å²) in [4.78, 5) is 2.40. The molecule has 0 N–H and O–H groups in total. The van der Waals surface area contributed by atoms with Crippen LogP contribution >= 0.6 is 0 Å². The molecular formula is C66H42N2O. The fourth-order valence-corrected chi connectivity index (χ4v) is 11.0. The van der Waals surface area contributed by atoms with Crippen LogP contribution in [-0.2, 0) is 0 Å². The lowest BCUT2D eigenvalue weighted by molar-refractivity contribution is 0.670. The Morgan fingerprint density at radius 3 is 1.49 bits per heavy atom. The van der Waals surface area contributed by atoms with Crippen molar-refractivity contribution in [1.29, 1.82) is 0 Å². The molecule has 322 valence electrons. The molecule has 0 amide bonds. The van der Waals surface area contributed by atoms with Crippen LogP contribution in [-0.4, -0.2) is 4.57 Å². The zero-order valence-corrected chi connectivity index (χ0v) is 37.6. The van der Waals surface area contributed by atoms with E-state index in [2.05, 4.69) is 258 Å². The van der Waals surface area contributed by atoms with Crippen molar-refractivity contribution in [3.05, 3.63) is 255 Å². The second kappa shape index (κ2) is 15.7. The van der Waals surface area contributed by atoms with Crippen molar-refractivity contribution >= 4 is 93.1 Å². The van der Waals surface area contributed by atoms with Gasteiger partial charge in [0.15, 0.2) is 0 Å². The second-order valence-corrected chi connectivity index (χ2v) is 18.0. The third-order valence-electron chi connectivity index (χ3n) is 14.2. The van der Waals surface area contributed by atoms with E-state index in [4.69, 9.17) is 4.42 Å². The molecule has 0 atom stereocenters. The number of rotatable bonds is 7. The van der Waals surface area contributed by atoms with Crippen LogP contribution in [0.2, 0.25) is 0 Å². The summed E-state index contributed by atoms with van der Waals surface area (Å²) in [6.45, 7) is 0. The Bertz CT molecular complexity index is 4240. The molecule has 2 aromatic heterocycles. The summed E-state index contributed by atoms with van der Waals surface area (Å²) in [7, 11) is 0. The molecule has 0 aliphatic carbocycles. The smallest absolute Gasteiger partial charge is 0.143 e. The molecule has 0 saturated carbocycles. The van der Waals surface area contributed by atoms with Crippen molar-refractivity contribution in [2.75, 3.05) is 4.90 Å². The monoisotopic (exact) mass is 878 g/mol. The molecule has 14 aromatic rings. The maximum absolute atomic E-state index is 6.57. The number of fused-ring (bicyclic) bond motifs is 12. The topological polar surface area (TPSA) is 21.3 Å². The van der Waals surface area contributed by atoms with Gasteiger partial charge in [0, 0.05) is 49.7 Å². The Morgan fingerprint density at radius 2 is 0.768 bits per heavy atom. The average molecular weight is 879 g/mol. The van der Waals surface area contributed by atoms with Crippen LogP contribution in [0.4, 0.5) is 17.1 Å². The molecule has 0 unspecified atom stereocenters. The maximum atomic E-state index is 6.57. The van der Waals surface area contributed by atoms with E-state index < -0.39 is 0 Å². The summed E-state index contributed by atoms with van der Waals surface area (Å²) in [6.07, 6.45) is 0. The normalized spacial score (nSPS) is 11.8. The third-order valence-corrected chi connectivity index (χ3v) is 14.2. The molecule has 3 heteroatoms. The number of aromatic nitrogens is 1. The van der Waals surface area contributed by atoms with Crippen LogP contribution in [0.3, 0.4) is 0 Å². The van der Waals surface area contributed by atoms with Crippen LogP contribution in [0.15, 0.2) is 259 Å². The quantitative estimate of drug-likeness (QED) is 0.149. The van der Waals surface area contributed by atoms with E-state index in [1.165, 1.54) is 65.3 Å². The molecule has 0 spiro atoms. The molecule has 0 aliphatic heterocycles. The van der Waals surface area contributed by atoms with Gasteiger partial charge in [0.25, 0.3) is 0 Å². The molecule has 0 fully saturated rings. The van der Waals surface area contributed by atoms with Crippen LogP contribution < -0.4 is 4.90 Å². The fourth-order valence-electron chi connectivity index (χ4n) is 11.0. The highest BCUT2D eigenvalue weighted by Gasteiger charge is 2.20. The number of anilines is 3. The molecule has 12 aromatic carbocycles. The summed E-state index contributed by atoms with van der Waals surface area (Å²) in [6, 6.07) is 92.5. The predicted molar refractivity (Wildman–Crippen MR) is 292 cm³/mol. The number of hydrogen-bond donors (Lipinski definition) is 0. The molecule has 3 nitrogen and oxygen atoms in total. The van der Waals surface area contributed by atoms with Gasteiger partial charge in [-0.3, -0.25) is 0 Å².